The first-order chi connectivity index (χ1) is 8.95. The highest BCUT2D eigenvalue weighted by atomic mass is 35.5. The summed E-state index contributed by atoms with van der Waals surface area (Å²) in [6, 6.07) is 5.09. The van der Waals surface area contributed by atoms with E-state index in [0.29, 0.717) is 28.7 Å². The van der Waals surface area contributed by atoms with Crippen molar-refractivity contribution in [3.63, 3.8) is 0 Å². The lowest BCUT2D eigenvalue weighted by Gasteiger charge is -2.21. The summed E-state index contributed by atoms with van der Waals surface area (Å²) in [6.07, 6.45) is 0.740. The number of hydrogen-bond acceptors (Lipinski definition) is 3. The van der Waals surface area contributed by atoms with Gasteiger partial charge in [0, 0.05) is 19.2 Å². The zero-order chi connectivity index (χ0) is 14.4. The van der Waals surface area contributed by atoms with Crippen LogP contribution in [0.15, 0.2) is 18.2 Å². The lowest BCUT2D eigenvalue weighted by atomic mass is 10.2. The molecule has 0 atom stereocenters. The summed E-state index contributed by atoms with van der Waals surface area (Å²) in [5, 5.41) is 3.29. The Morgan fingerprint density at radius 1 is 1.47 bits per heavy atom. The molecule has 0 aliphatic rings. The molecule has 0 saturated carbocycles. The fourth-order valence-corrected chi connectivity index (χ4v) is 2.02. The van der Waals surface area contributed by atoms with Crippen LogP contribution in [0.25, 0.3) is 0 Å². The second-order valence-corrected chi connectivity index (χ2v) is 5.26. The van der Waals surface area contributed by atoms with E-state index >= 15 is 0 Å². The van der Waals surface area contributed by atoms with Gasteiger partial charge in [-0.15, -0.1) is 0 Å². The van der Waals surface area contributed by atoms with Gasteiger partial charge in [-0.2, -0.15) is 0 Å². The third-order valence-electron chi connectivity index (χ3n) is 2.61. The van der Waals surface area contributed by atoms with E-state index in [4.69, 9.17) is 11.6 Å². The molecule has 0 heterocycles. The molecule has 1 aromatic carbocycles. The highest BCUT2D eigenvalue weighted by molar-refractivity contribution is 6.34. The molecule has 19 heavy (non-hydrogen) atoms. The highest BCUT2D eigenvalue weighted by Gasteiger charge is 2.14. The van der Waals surface area contributed by atoms with Crippen molar-refractivity contribution in [2.24, 2.45) is 5.92 Å². The number of rotatable bonds is 6. The van der Waals surface area contributed by atoms with E-state index in [2.05, 4.69) is 5.32 Å². The molecule has 0 saturated heterocycles. The second kappa shape index (κ2) is 7.14. The molecule has 0 radical (unpaired) electrons. The van der Waals surface area contributed by atoms with Crippen LogP contribution in [0.5, 0.6) is 0 Å². The molecule has 1 N–H and O–H groups in total. The van der Waals surface area contributed by atoms with Crippen molar-refractivity contribution < 1.29 is 9.59 Å². The van der Waals surface area contributed by atoms with Gasteiger partial charge in [0.25, 0.3) is 0 Å². The maximum absolute atomic E-state index is 11.8. The zero-order valence-corrected chi connectivity index (χ0v) is 12.2. The Balaban J connectivity index is 2.75. The van der Waals surface area contributed by atoms with Crippen molar-refractivity contribution in [2.75, 3.05) is 25.0 Å². The second-order valence-electron chi connectivity index (χ2n) is 4.85. The fourth-order valence-electron chi connectivity index (χ4n) is 1.70. The monoisotopic (exact) mass is 282 g/mol. The summed E-state index contributed by atoms with van der Waals surface area (Å²) < 4.78 is 0. The molecule has 1 amide bonds. The van der Waals surface area contributed by atoms with Crippen LogP contribution in [0.4, 0.5) is 5.69 Å². The van der Waals surface area contributed by atoms with E-state index in [-0.39, 0.29) is 12.5 Å². The van der Waals surface area contributed by atoms with Crippen LogP contribution in [-0.4, -0.2) is 32.3 Å². The number of hydrogen-bond donors (Lipinski definition) is 1. The van der Waals surface area contributed by atoms with Crippen molar-refractivity contribution >= 4 is 29.5 Å². The molecule has 0 aliphatic carbocycles. The fraction of sp³-hybridized carbons (Fsp3) is 0.429. The smallest absolute Gasteiger partial charge is 0.239 e. The molecular formula is C14H19ClN2O2. The molecule has 5 heteroatoms. The lowest BCUT2D eigenvalue weighted by molar-refractivity contribution is -0.119. The summed E-state index contributed by atoms with van der Waals surface area (Å²) in [7, 11) is 1.74. The number of halogens is 1. The van der Waals surface area contributed by atoms with Crippen LogP contribution in [0.1, 0.15) is 24.2 Å². The molecule has 0 bridgehead atoms. The van der Waals surface area contributed by atoms with Gasteiger partial charge in [0.2, 0.25) is 5.91 Å². The predicted octanol–water partition coefficient (Wildman–Crippen LogP) is 2.36. The molecular weight excluding hydrogens is 264 g/mol. The van der Waals surface area contributed by atoms with Crippen LogP contribution >= 0.6 is 11.6 Å². The zero-order valence-electron chi connectivity index (χ0n) is 11.4. The van der Waals surface area contributed by atoms with E-state index in [1.807, 2.05) is 13.8 Å². The Kier molecular flexibility index (Phi) is 5.83. The number of aldehydes is 1. The molecule has 0 aromatic heterocycles. The standard InChI is InChI=1S/C14H19ClN2O2/c1-10(2)7-16-13(19)8-17(3)14-11(9-18)5-4-6-12(14)15/h4-6,9-10H,7-8H2,1-3H3,(H,16,19). The molecule has 0 aliphatic heterocycles. The van der Waals surface area contributed by atoms with Gasteiger partial charge in [0.05, 0.1) is 17.3 Å². The Hall–Kier alpha value is -1.55. The maximum atomic E-state index is 11.8. The van der Waals surface area contributed by atoms with Gasteiger partial charge in [0.1, 0.15) is 0 Å². The first-order valence-corrected chi connectivity index (χ1v) is 6.55. The number of amides is 1. The summed E-state index contributed by atoms with van der Waals surface area (Å²) in [6.45, 7) is 4.86. The van der Waals surface area contributed by atoms with Crippen LogP contribution in [0.3, 0.4) is 0 Å². The number of nitrogens with zero attached hydrogens (tertiary/aromatic N) is 1. The van der Waals surface area contributed by atoms with E-state index < -0.39 is 0 Å². The largest absolute Gasteiger partial charge is 0.364 e. The van der Waals surface area contributed by atoms with E-state index in [0.717, 1.165) is 6.29 Å². The normalized spacial score (nSPS) is 10.4. The quantitative estimate of drug-likeness (QED) is 0.815. The van der Waals surface area contributed by atoms with E-state index in [1.54, 1.807) is 30.1 Å². The van der Waals surface area contributed by atoms with Crippen molar-refractivity contribution in [3.8, 4) is 0 Å². The minimum Gasteiger partial charge on any atom is -0.364 e. The summed E-state index contributed by atoms with van der Waals surface area (Å²) >= 11 is 6.08. The third kappa shape index (κ3) is 4.56. The van der Waals surface area contributed by atoms with Crippen molar-refractivity contribution in [3.05, 3.63) is 28.8 Å². The van der Waals surface area contributed by atoms with Gasteiger partial charge in [-0.05, 0) is 18.1 Å². The highest BCUT2D eigenvalue weighted by Crippen LogP contribution is 2.27. The number of carbonyl (C=O) groups excluding carboxylic acids is 2. The van der Waals surface area contributed by atoms with Crippen LogP contribution in [0, 0.1) is 5.92 Å². The SMILES string of the molecule is CC(C)CNC(=O)CN(C)c1c(Cl)cccc1C=O. The molecule has 1 rings (SSSR count). The number of nitrogens with one attached hydrogen (secondary N) is 1. The van der Waals surface area contributed by atoms with Crippen molar-refractivity contribution in [1.29, 1.82) is 0 Å². The molecule has 4 nitrogen and oxygen atoms in total. The molecule has 0 unspecified atom stereocenters. The Morgan fingerprint density at radius 2 is 2.16 bits per heavy atom. The van der Waals surface area contributed by atoms with E-state index in [1.165, 1.54) is 0 Å². The number of para-hydroxylation sites is 1. The Morgan fingerprint density at radius 3 is 2.74 bits per heavy atom. The summed E-state index contributed by atoms with van der Waals surface area (Å²) in [4.78, 5) is 24.4. The van der Waals surface area contributed by atoms with Crippen molar-refractivity contribution in [2.45, 2.75) is 13.8 Å². The maximum Gasteiger partial charge on any atom is 0.239 e. The van der Waals surface area contributed by atoms with Gasteiger partial charge in [-0.25, -0.2) is 0 Å². The summed E-state index contributed by atoms with van der Waals surface area (Å²) in [5.41, 5.74) is 1.06. The van der Waals surface area contributed by atoms with Gasteiger partial charge in [-0.1, -0.05) is 31.5 Å². The topological polar surface area (TPSA) is 49.4 Å². The molecule has 0 spiro atoms. The van der Waals surface area contributed by atoms with Crippen LogP contribution in [0.2, 0.25) is 5.02 Å². The predicted molar refractivity (Wildman–Crippen MR) is 78.0 cm³/mol. The lowest BCUT2D eigenvalue weighted by Crippen LogP contribution is -2.37. The van der Waals surface area contributed by atoms with Crippen molar-refractivity contribution in [1.82, 2.24) is 5.32 Å². The average molecular weight is 283 g/mol. The third-order valence-corrected chi connectivity index (χ3v) is 2.92. The first kappa shape index (κ1) is 15.5. The summed E-state index contributed by atoms with van der Waals surface area (Å²) in [5.74, 6) is 0.313. The molecule has 104 valence electrons. The van der Waals surface area contributed by atoms with Gasteiger partial charge < -0.3 is 10.2 Å². The van der Waals surface area contributed by atoms with Crippen LogP contribution in [-0.2, 0) is 4.79 Å². The first-order valence-electron chi connectivity index (χ1n) is 6.17. The van der Waals surface area contributed by atoms with Crippen LogP contribution < -0.4 is 10.2 Å². The average Bonchev–Trinajstić information content (AvgIpc) is 2.35. The van der Waals surface area contributed by atoms with Gasteiger partial charge in [0.15, 0.2) is 6.29 Å². The molecule has 1 aromatic rings. The number of benzene rings is 1. The number of anilines is 1. The number of carbonyl (C=O) groups is 2. The number of likely N-dealkylation sites (N-methyl/N-ethyl adjacent to an activating group) is 1. The minimum atomic E-state index is -0.0898. The Labute approximate surface area is 118 Å². The minimum absolute atomic E-state index is 0.0898. The van der Waals surface area contributed by atoms with Gasteiger partial charge >= 0.3 is 0 Å². The molecule has 0 fully saturated rings. The van der Waals surface area contributed by atoms with Gasteiger partial charge in [-0.3, -0.25) is 9.59 Å². The Bertz CT molecular complexity index is 461. The van der Waals surface area contributed by atoms with E-state index in [9.17, 15) is 9.59 Å².